The Morgan fingerprint density at radius 1 is 1.00 bits per heavy atom. The van der Waals surface area contributed by atoms with Crippen molar-refractivity contribution < 1.29 is 19.4 Å². The van der Waals surface area contributed by atoms with E-state index in [1.54, 1.807) is 18.9 Å². The van der Waals surface area contributed by atoms with Crippen molar-refractivity contribution in [2.45, 2.75) is 89.7 Å². The van der Waals surface area contributed by atoms with Crippen LogP contribution in [-0.4, -0.2) is 54.1 Å². The van der Waals surface area contributed by atoms with Gasteiger partial charge in [0, 0.05) is 26.5 Å². The molecule has 1 amide bonds. The SMILES string of the molecule is COC[C@@H]1C[C@@H](O)CN1C(=O)CCCCCCCCCCC(C)=O. The van der Waals surface area contributed by atoms with Crippen molar-refractivity contribution in [1.29, 1.82) is 0 Å². The highest BCUT2D eigenvalue weighted by Gasteiger charge is 2.33. The van der Waals surface area contributed by atoms with E-state index in [0.717, 1.165) is 32.1 Å². The first-order valence-corrected chi connectivity index (χ1v) is 9.50. The number of β-amino-alcohol motifs (C(OH)–C–C–N with tert-alkyl or cyclic N) is 1. The number of likely N-dealkylation sites (tertiary alicyclic amines) is 1. The average molecular weight is 341 g/mol. The molecule has 0 bridgehead atoms. The number of aliphatic hydroxyl groups is 1. The normalized spacial score (nSPS) is 20.5. The zero-order chi connectivity index (χ0) is 17.8. The van der Waals surface area contributed by atoms with Crippen molar-refractivity contribution in [2.24, 2.45) is 0 Å². The van der Waals surface area contributed by atoms with Crippen LogP contribution in [-0.2, 0) is 14.3 Å². The van der Waals surface area contributed by atoms with Crippen molar-refractivity contribution in [2.75, 3.05) is 20.3 Å². The minimum Gasteiger partial charge on any atom is -0.391 e. The van der Waals surface area contributed by atoms with Crippen molar-refractivity contribution in [3.05, 3.63) is 0 Å². The number of unbranched alkanes of at least 4 members (excludes halogenated alkanes) is 7. The Morgan fingerprint density at radius 2 is 1.54 bits per heavy atom. The molecule has 0 unspecified atom stereocenters. The lowest BCUT2D eigenvalue weighted by atomic mass is 10.1. The molecule has 1 rings (SSSR count). The third kappa shape index (κ3) is 8.78. The predicted octanol–water partition coefficient (Wildman–Crippen LogP) is 3.08. The summed E-state index contributed by atoms with van der Waals surface area (Å²) >= 11 is 0. The number of ketones is 1. The quantitative estimate of drug-likeness (QED) is 0.523. The summed E-state index contributed by atoms with van der Waals surface area (Å²) < 4.78 is 5.14. The number of carbonyl (C=O) groups is 2. The smallest absolute Gasteiger partial charge is 0.222 e. The highest BCUT2D eigenvalue weighted by Crippen LogP contribution is 2.20. The molecular formula is C19H35NO4. The Kier molecular flexibility index (Phi) is 10.9. The lowest BCUT2D eigenvalue weighted by Gasteiger charge is -2.23. The van der Waals surface area contributed by atoms with Gasteiger partial charge in [0.2, 0.25) is 5.91 Å². The number of rotatable bonds is 13. The summed E-state index contributed by atoms with van der Waals surface area (Å²) in [4.78, 5) is 24.9. The monoisotopic (exact) mass is 341 g/mol. The molecule has 0 saturated carbocycles. The van der Waals surface area contributed by atoms with Gasteiger partial charge in [-0.1, -0.05) is 38.5 Å². The van der Waals surface area contributed by atoms with Crippen LogP contribution in [0.3, 0.4) is 0 Å². The molecule has 5 heteroatoms. The van der Waals surface area contributed by atoms with Gasteiger partial charge in [-0.25, -0.2) is 0 Å². The molecule has 0 spiro atoms. The molecule has 0 aromatic heterocycles. The molecule has 1 aliphatic rings. The van der Waals surface area contributed by atoms with E-state index in [-0.39, 0.29) is 17.7 Å². The number of carbonyl (C=O) groups excluding carboxylic acids is 2. The molecule has 0 aliphatic carbocycles. The number of hydrogen-bond donors (Lipinski definition) is 1. The highest BCUT2D eigenvalue weighted by atomic mass is 16.5. The van der Waals surface area contributed by atoms with E-state index in [2.05, 4.69) is 0 Å². The second kappa shape index (κ2) is 12.4. The number of nitrogens with zero attached hydrogens (tertiary/aromatic N) is 1. The summed E-state index contributed by atoms with van der Waals surface area (Å²) in [6.45, 7) is 2.61. The van der Waals surface area contributed by atoms with Gasteiger partial charge >= 0.3 is 0 Å². The predicted molar refractivity (Wildman–Crippen MR) is 94.9 cm³/mol. The lowest BCUT2D eigenvalue weighted by Crippen LogP contribution is -2.38. The molecular weight excluding hydrogens is 306 g/mol. The number of methoxy groups -OCH3 is 1. The van der Waals surface area contributed by atoms with Crippen molar-refractivity contribution in [1.82, 2.24) is 4.90 Å². The molecule has 1 aliphatic heterocycles. The van der Waals surface area contributed by atoms with Crippen LogP contribution < -0.4 is 0 Å². The topological polar surface area (TPSA) is 66.8 Å². The summed E-state index contributed by atoms with van der Waals surface area (Å²) in [5.41, 5.74) is 0. The Labute approximate surface area is 146 Å². The van der Waals surface area contributed by atoms with Crippen LogP contribution in [0, 0.1) is 0 Å². The molecule has 5 nitrogen and oxygen atoms in total. The minimum absolute atomic E-state index is 0.0347. The Balaban J connectivity index is 2.00. The van der Waals surface area contributed by atoms with E-state index >= 15 is 0 Å². The standard InChI is InChI=1S/C19H35NO4/c1-16(21)11-9-7-5-3-4-6-8-10-12-19(23)20-14-18(22)13-17(20)15-24-2/h17-18,22H,3-15H2,1-2H3/t17-,18+/m0/s1. The van der Waals surface area contributed by atoms with Gasteiger partial charge in [0.1, 0.15) is 5.78 Å². The lowest BCUT2D eigenvalue weighted by molar-refractivity contribution is -0.133. The molecule has 140 valence electrons. The first-order chi connectivity index (χ1) is 11.5. The van der Waals surface area contributed by atoms with Crippen molar-refractivity contribution in [3.8, 4) is 0 Å². The van der Waals surface area contributed by atoms with Crippen LogP contribution in [0.5, 0.6) is 0 Å². The van der Waals surface area contributed by atoms with Gasteiger partial charge in [-0.3, -0.25) is 4.79 Å². The Bertz CT molecular complexity index is 372. The second-order valence-electron chi connectivity index (χ2n) is 7.08. The molecule has 0 aromatic carbocycles. The summed E-state index contributed by atoms with van der Waals surface area (Å²) in [6, 6.07) is 0.0347. The maximum absolute atomic E-state index is 12.3. The highest BCUT2D eigenvalue weighted by molar-refractivity contribution is 5.77. The number of Topliss-reactive ketones (excluding diaryl/α,β-unsaturated/α-hetero) is 1. The molecule has 1 heterocycles. The van der Waals surface area contributed by atoms with Crippen LogP contribution in [0.25, 0.3) is 0 Å². The van der Waals surface area contributed by atoms with Gasteiger partial charge in [-0.05, 0) is 26.2 Å². The van der Waals surface area contributed by atoms with Gasteiger partial charge in [-0.2, -0.15) is 0 Å². The maximum Gasteiger partial charge on any atom is 0.222 e. The number of aliphatic hydroxyl groups excluding tert-OH is 1. The Hall–Kier alpha value is -0.940. The van der Waals surface area contributed by atoms with E-state index in [9.17, 15) is 14.7 Å². The molecule has 24 heavy (non-hydrogen) atoms. The fourth-order valence-electron chi connectivity index (χ4n) is 3.40. The van der Waals surface area contributed by atoms with E-state index in [0.29, 0.717) is 26.0 Å². The average Bonchev–Trinajstić information content (AvgIpc) is 2.89. The summed E-state index contributed by atoms with van der Waals surface area (Å²) in [5, 5.41) is 9.74. The first kappa shape index (κ1) is 21.1. The van der Waals surface area contributed by atoms with Gasteiger partial charge in [0.15, 0.2) is 0 Å². The molecule has 0 aromatic rings. The van der Waals surface area contributed by atoms with Crippen LogP contribution in [0.4, 0.5) is 0 Å². The van der Waals surface area contributed by atoms with Crippen LogP contribution >= 0.6 is 0 Å². The number of hydrogen-bond acceptors (Lipinski definition) is 4. The zero-order valence-corrected chi connectivity index (χ0v) is 15.5. The molecule has 2 atom stereocenters. The summed E-state index contributed by atoms with van der Waals surface area (Å²) in [5.74, 6) is 0.441. The largest absolute Gasteiger partial charge is 0.391 e. The second-order valence-corrected chi connectivity index (χ2v) is 7.08. The molecule has 0 radical (unpaired) electrons. The molecule has 1 saturated heterocycles. The van der Waals surface area contributed by atoms with Gasteiger partial charge < -0.3 is 19.5 Å². The van der Waals surface area contributed by atoms with E-state index < -0.39 is 6.10 Å². The van der Waals surface area contributed by atoms with Crippen molar-refractivity contribution >= 4 is 11.7 Å². The number of amides is 1. The number of ether oxygens (including phenoxy) is 1. The minimum atomic E-state index is -0.405. The fraction of sp³-hybridized carbons (Fsp3) is 0.895. The van der Waals surface area contributed by atoms with Crippen LogP contribution in [0.2, 0.25) is 0 Å². The van der Waals surface area contributed by atoms with E-state index in [4.69, 9.17) is 4.74 Å². The van der Waals surface area contributed by atoms with Gasteiger partial charge in [0.25, 0.3) is 0 Å². The van der Waals surface area contributed by atoms with E-state index in [1.165, 1.54) is 25.7 Å². The molecule has 1 N–H and O–H groups in total. The van der Waals surface area contributed by atoms with Gasteiger partial charge in [0.05, 0.1) is 18.8 Å². The van der Waals surface area contributed by atoms with Crippen molar-refractivity contribution in [3.63, 3.8) is 0 Å². The maximum atomic E-state index is 12.3. The van der Waals surface area contributed by atoms with Gasteiger partial charge in [-0.15, -0.1) is 0 Å². The first-order valence-electron chi connectivity index (χ1n) is 9.50. The summed E-state index contributed by atoms with van der Waals surface area (Å²) in [6.07, 6.45) is 10.5. The summed E-state index contributed by atoms with van der Waals surface area (Å²) in [7, 11) is 1.63. The zero-order valence-electron chi connectivity index (χ0n) is 15.5. The third-order valence-corrected chi connectivity index (χ3v) is 4.74. The van der Waals surface area contributed by atoms with Crippen LogP contribution in [0.1, 0.15) is 77.6 Å². The van der Waals surface area contributed by atoms with Crippen LogP contribution in [0.15, 0.2) is 0 Å². The molecule has 1 fully saturated rings. The Morgan fingerprint density at radius 3 is 2.08 bits per heavy atom. The third-order valence-electron chi connectivity index (χ3n) is 4.74. The van der Waals surface area contributed by atoms with E-state index in [1.807, 2.05) is 0 Å². The fourth-order valence-corrected chi connectivity index (χ4v) is 3.40.